The lowest BCUT2D eigenvalue weighted by Gasteiger charge is -2.32. The summed E-state index contributed by atoms with van der Waals surface area (Å²) in [6.07, 6.45) is 1.52. The summed E-state index contributed by atoms with van der Waals surface area (Å²) in [5.41, 5.74) is 2.72. The van der Waals surface area contributed by atoms with Gasteiger partial charge in [-0.1, -0.05) is 55.0 Å². The lowest BCUT2D eigenvalue weighted by Crippen LogP contribution is -2.53. The summed E-state index contributed by atoms with van der Waals surface area (Å²) >= 11 is 0. The molecule has 2 amide bonds. The lowest BCUT2D eigenvalue weighted by molar-refractivity contribution is -0.147. The van der Waals surface area contributed by atoms with Crippen LogP contribution in [0.4, 0.5) is 4.79 Å². The van der Waals surface area contributed by atoms with Crippen molar-refractivity contribution in [2.45, 2.75) is 52.0 Å². The zero-order valence-corrected chi connectivity index (χ0v) is 19.9. The van der Waals surface area contributed by atoms with Crippen LogP contribution in [0.15, 0.2) is 48.5 Å². The number of nitrogens with one attached hydrogen (secondary N) is 2. The maximum atomic E-state index is 13.0. The van der Waals surface area contributed by atoms with E-state index in [9.17, 15) is 19.5 Å². The van der Waals surface area contributed by atoms with E-state index in [2.05, 4.69) is 34.9 Å². The zero-order chi connectivity index (χ0) is 24.5. The molecule has 0 bridgehead atoms. The molecule has 0 saturated heterocycles. The number of fused-ring (bicyclic) bond motifs is 3. The minimum Gasteiger partial charge on any atom is -0.481 e. The fraction of sp³-hybridized carbons (Fsp3) is 0.444. The molecule has 0 aromatic heterocycles. The number of carboxylic acid groups (broad SMARTS) is 1. The van der Waals surface area contributed by atoms with Crippen LogP contribution in [0.3, 0.4) is 0 Å². The second kappa shape index (κ2) is 9.12. The largest absolute Gasteiger partial charge is 0.481 e. The van der Waals surface area contributed by atoms with E-state index < -0.39 is 22.9 Å². The second-order valence-corrected chi connectivity index (χ2v) is 10.2. The molecule has 1 fully saturated rings. The number of aliphatic carboxylic acids is 1. The van der Waals surface area contributed by atoms with Crippen molar-refractivity contribution in [3.05, 3.63) is 59.7 Å². The first-order chi connectivity index (χ1) is 16.1. The number of amides is 2. The highest BCUT2D eigenvalue weighted by Crippen LogP contribution is 2.44. The highest BCUT2D eigenvalue weighted by molar-refractivity contribution is 5.85. The number of hydrogen-bond acceptors (Lipinski definition) is 4. The molecule has 4 rings (SSSR count). The third kappa shape index (κ3) is 4.39. The number of carboxylic acids is 1. The van der Waals surface area contributed by atoms with Gasteiger partial charge in [0.2, 0.25) is 5.91 Å². The summed E-state index contributed by atoms with van der Waals surface area (Å²) in [5, 5.41) is 15.0. The van der Waals surface area contributed by atoms with E-state index in [1.165, 1.54) is 0 Å². The third-order valence-electron chi connectivity index (χ3n) is 7.38. The van der Waals surface area contributed by atoms with Gasteiger partial charge in [-0.2, -0.15) is 0 Å². The Morgan fingerprint density at radius 1 is 1.06 bits per heavy atom. The van der Waals surface area contributed by atoms with Gasteiger partial charge in [-0.25, -0.2) is 4.79 Å². The van der Waals surface area contributed by atoms with Gasteiger partial charge < -0.3 is 20.5 Å². The zero-order valence-electron chi connectivity index (χ0n) is 19.9. The van der Waals surface area contributed by atoms with Crippen LogP contribution in [0.25, 0.3) is 11.1 Å². The predicted octanol–water partition coefficient (Wildman–Crippen LogP) is 4.31. The van der Waals surface area contributed by atoms with E-state index in [0.717, 1.165) is 28.7 Å². The first-order valence-electron chi connectivity index (χ1n) is 11.8. The van der Waals surface area contributed by atoms with Crippen LogP contribution in [-0.4, -0.2) is 42.3 Å². The molecule has 2 aromatic carbocycles. The van der Waals surface area contributed by atoms with E-state index in [0.29, 0.717) is 12.8 Å². The van der Waals surface area contributed by atoms with Gasteiger partial charge in [-0.15, -0.1) is 0 Å². The standard InChI is InChI=1S/C27H32N2O5/c1-26(2,24(31)32)16-28-23(30)27(3)14-8-13-22(27)29-25(33)34-15-21-19-11-6-4-9-17(19)18-10-5-7-12-20(18)21/h4-7,9-12,21-22H,8,13-16H2,1-3H3,(H,28,30)(H,29,33)(H,31,32). The van der Waals surface area contributed by atoms with E-state index in [1.54, 1.807) is 13.8 Å². The van der Waals surface area contributed by atoms with Crippen molar-refractivity contribution in [2.24, 2.45) is 10.8 Å². The Labute approximate surface area is 199 Å². The van der Waals surface area contributed by atoms with Crippen molar-refractivity contribution in [2.75, 3.05) is 13.2 Å². The second-order valence-electron chi connectivity index (χ2n) is 10.2. The van der Waals surface area contributed by atoms with E-state index in [1.807, 2.05) is 31.2 Å². The van der Waals surface area contributed by atoms with Crippen LogP contribution in [0, 0.1) is 10.8 Å². The molecular formula is C27H32N2O5. The molecule has 180 valence electrons. The summed E-state index contributed by atoms with van der Waals surface area (Å²) < 4.78 is 5.66. The number of hydrogen-bond donors (Lipinski definition) is 3. The van der Waals surface area contributed by atoms with Gasteiger partial charge in [-0.3, -0.25) is 9.59 Å². The quantitative estimate of drug-likeness (QED) is 0.566. The van der Waals surface area contributed by atoms with Crippen LogP contribution in [0.1, 0.15) is 57.1 Å². The minimum absolute atomic E-state index is 0.0222. The molecule has 1 saturated carbocycles. The topological polar surface area (TPSA) is 105 Å². The van der Waals surface area contributed by atoms with Crippen molar-refractivity contribution < 1.29 is 24.2 Å². The maximum absolute atomic E-state index is 13.0. The number of ether oxygens (including phenoxy) is 1. The molecule has 2 aliphatic rings. The molecular weight excluding hydrogens is 432 g/mol. The van der Waals surface area contributed by atoms with Gasteiger partial charge in [0, 0.05) is 18.5 Å². The first kappa shape index (κ1) is 23.8. The molecule has 2 aliphatic carbocycles. The van der Waals surface area contributed by atoms with E-state index >= 15 is 0 Å². The van der Waals surface area contributed by atoms with Crippen molar-refractivity contribution in [3.8, 4) is 11.1 Å². The van der Waals surface area contributed by atoms with Gasteiger partial charge >= 0.3 is 12.1 Å². The molecule has 0 spiro atoms. The third-order valence-corrected chi connectivity index (χ3v) is 7.38. The molecule has 2 unspecified atom stereocenters. The number of carbonyl (C=O) groups is 3. The molecule has 7 heteroatoms. The Morgan fingerprint density at radius 2 is 1.65 bits per heavy atom. The summed E-state index contributed by atoms with van der Waals surface area (Å²) in [5.74, 6) is -1.25. The average molecular weight is 465 g/mol. The van der Waals surface area contributed by atoms with Crippen molar-refractivity contribution in [1.29, 1.82) is 0 Å². The Morgan fingerprint density at radius 3 is 2.24 bits per heavy atom. The van der Waals surface area contributed by atoms with Crippen LogP contribution >= 0.6 is 0 Å². The highest BCUT2D eigenvalue weighted by atomic mass is 16.5. The van der Waals surface area contributed by atoms with Crippen molar-refractivity contribution >= 4 is 18.0 Å². The Balaban J connectivity index is 1.38. The number of carbonyl (C=O) groups excluding carboxylic acids is 2. The minimum atomic E-state index is -1.07. The Kier molecular flexibility index (Phi) is 6.39. The van der Waals surface area contributed by atoms with Gasteiger partial charge in [0.1, 0.15) is 6.61 Å². The SMILES string of the molecule is CC(C)(CNC(=O)C1(C)CCCC1NC(=O)OCC1c2ccccc2-c2ccccc21)C(=O)O. The molecule has 7 nitrogen and oxygen atoms in total. The number of alkyl carbamates (subject to hydrolysis) is 1. The molecule has 0 radical (unpaired) electrons. The smallest absolute Gasteiger partial charge is 0.407 e. The van der Waals surface area contributed by atoms with Gasteiger partial charge in [0.05, 0.1) is 10.8 Å². The number of rotatable bonds is 7. The molecule has 34 heavy (non-hydrogen) atoms. The molecule has 2 aromatic rings. The average Bonchev–Trinajstić information content (AvgIpc) is 3.34. The lowest BCUT2D eigenvalue weighted by atomic mass is 9.83. The van der Waals surface area contributed by atoms with Crippen LogP contribution in [-0.2, 0) is 14.3 Å². The monoisotopic (exact) mass is 464 g/mol. The highest BCUT2D eigenvalue weighted by Gasteiger charge is 2.46. The molecule has 0 aliphatic heterocycles. The van der Waals surface area contributed by atoms with Crippen LogP contribution in [0.2, 0.25) is 0 Å². The predicted molar refractivity (Wildman–Crippen MR) is 128 cm³/mol. The van der Waals surface area contributed by atoms with E-state index in [-0.39, 0.29) is 31.0 Å². The summed E-state index contributed by atoms with van der Waals surface area (Å²) in [7, 11) is 0. The Hall–Kier alpha value is -3.35. The van der Waals surface area contributed by atoms with Crippen LogP contribution < -0.4 is 10.6 Å². The summed E-state index contributed by atoms with van der Waals surface area (Å²) in [6, 6.07) is 15.9. The van der Waals surface area contributed by atoms with Crippen LogP contribution in [0.5, 0.6) is 0 Å². The fourth-order valence-corrected chi connectivity index (χ4v) is 5.03. The molecule has 3 N–H and O–H groups in total. The van der Waals surface area contributed by atoms with Gasteiger partial charge in [-0.05, 0) is 55.9 Å². The maximum Gasteiger partial charge on any atom is 0.407 e. The molecule has 0 heterocycles. The number of benzene rings is 2. The molecule has 2 atom stereocenters. The van der Waals surface area contributed by atoms with E-state index in [4.69, 9.17) is 4.74 Å². The normalized spacial score (nSPS) is 21.4. The fourth-order valence-electron chi connectivity index (χ4n) is 5.03. The van der Waals surface area contributed by atoms with Gasteiger partial charge in [0.25, 0.3) is 0 Å². The summed E-state index contributed by atoms with van der Waals surface area (Å²) in [6.45, 7) is 5.19. The summed E-state index contributed by atoms with van der Waals surface area (Å²) in [4.78, 5) is 37.1. The Bertz CT molecular complexity index is 1070. The van der Waals surface area contributed by atoms with Gasteiger partial charge in [0.15, 0.2) is 0 Å². The van der Waals surface area contributed by atoms with Crippen molar-refractivity contribution in [1.82, 2.24) is 10.6 Å². The van der Waals surface area contributed by atoms with Crippen molar-refractivity contribution in [3.63, 3.8) is 0 Å². The first-order valence-corrected chi connectivity index (χ1v) is 11.8.